The molecule has 4 heterocycles. The van der Waals surface area contributed by atoms with Crippen molar-refractivity contribution >= 4 is 32.7 Å². The Morgan fingerprint density at radius 2 is 0.689 bits per heavy atom. The van der Waals surface area contributed by atoms with Crippen molar-refractivity contribution in [2.45, 2.75) is 19.6 Å². The highest BCUT2D eigenvalue weighted by atomic mass is 16.3. The number of rotatable bonds is 6. The summed E-state index contributed by atoms with van der Waals surface area (Å²) in [6.45, 7) is 7.04. The molecule has 7 rings (SSSR count). The second kappa shape index (κ2) is 12.6. The van der Waals surface area contributed by atoms with Crippen LogP contribution >= 0.6 is 0 Å². The first-order valence-electron chi connectivity index (χ1n) is 15.4. The van der Waals surface area contributed by atoms with Crippen LogP contribution in [0, 0.1) is 0 Å². The molecule has 0 spiro atoms. The van der Waals surface area contributed by atoms with Gasteiger partial charge >= 0.3 is 0 Å². The average molecular weight is 601 g/mol. The molecule has 0 saturated carbocycles. The van der Waals surface area contributed by atoms with Crippen molar-refractivity contribution in [1.29, 1.82) is 0 Å². The van der Waals surface area contributed by atoms with E-state index in [2.05, 4.69) is 14.7 Å². The first-order chi connectivity index (χ1) is 22.0. The number of hydrogen-bond acceptors (Lipinski definition) is 9. The van der Waals surface area contributed by atoms with Crippen LogP contribution in [0.5, 0.6) is 17.2 Å². The summed E-state index contributed by atoms with van der Waals surface area (Å²) in [5, 5.41) is 34.0. The van der Waals surface area contributed by atoms with Gasteiger partial charge in [0, 0.05) is 75.1 Å². The van der Waals surface area contributed by atoms with Crippen molar-refractivity contribution in [1.82, 2.24) is 29.7 Å². The molecule has 6 aromatic rings. The zero-order chi connectivity index (χ0) is 30.8. The van der Waals surface area contributed by atoms with E-state index in [9.17, 15) is 15.3 Å². The van der Waals surface area contributed by atoms with Gasteiger partial charge in [0.1, 0.15) is 33.8 Å². The minimum atomic E-state index is 0.194. The predicted octanol–water partition coefficient (Wildman–Crippen LogP) is 5.27. The molecule has 0 bridgehead atoms. The fourth-order valence-corrected chi connectivity index (χ4v) is 6.13. The summed E-state index contributed by atoms with van der Waals surface area (Å²) >= 11 is 0. The predicted molar refractivity (Wildman–Crippen MR) is 176 cm³/mol. The summed E-state index contributed by atoms with van der Waals surface area (Å²) in [4.78, 5) is 21.7. The zero-order valence-corrected chi connectivity index (χ0v) is 25.0. The van der Waals surface area contributed by atoms with Crippen molar-refractivity contribution < 1.29 is 15.3 Å². The van der Waals surface area contributed by atoms with Gasteiger partial charge in [-0.05, 0) is 36.4 Å². The molecule has 1 aliphatic rings. The van der Waals surface area contributed by atoms with Gasteiger partial charge in [-0.25, -0.2) is 15.0 Å². The maximum atomic E-state index is 10.4. The van der Waals surface area contributed by atoms with Crippen molar-refractivity contribution in [3.05, 3.63) is 108 Å². The van der Waals surface area contributed by atoms with Gasteiger partial charge in [-0.3, -0.25) is 14.7 Å². The maximum absolute atomic E-state index is 10.4. The Labute approximate surface area is 261 Å². The highest BCUT2D eigenvalue weighted by Crippen LogP contribution is 2.25. The number of phenolic OH excluding ortho intramolecular Hbond substituents is 3. The van der Waals surface area contributed by atoms with E-state index in [0.717, 1.165) is 72.5 Å². The van der Waals surface area contributed by atoms with Gasteiger partial charge in [0.25, 0.3) is 0 Å². The quantitative estimate of drug-likeness (QED) is 0.236. The molecule has 0 aliphatic carbocycles. The van der Waals surface area contributed by atoms with E-state index in [1.54, 1.807) is 18.2 Å². The van der Waals surface area contributed by atoms with E-state index in [0.29, 0.717) is 36.2 Å². The molecule has 9 nitrogen and oxygen atoms in total. The van der Waals surface area contributed by atoms with Crippen molar-refractivity contribution in [2.75, 3.05) is 39.3 Å². The topological polar surface area (TPSA) is 109 Å². The van der Waals surface area contributed by atoms with Crippen LogP contribution in [-0.2, 0) is 19.6 Å². The number of aromatic nitrogens is 3. The summed E-state index contributed by atoms with van der Waals surface area (Å²) in [5.74, 6) is 0.581. The number of phenols is 3. The molecule has 0 unspecified atom stereocenters. The Morgan fingerprint density at radius 3 is 0.978 bits per heavy atom. The third kappa shape index (κ3) is 6.51. The number of para-hydroxylation sites is 3. The third-order valence-electron chi connectivity index (χ3n) is 8.62. The standard InChI is InChI=1S/C36H36N6O3/c43-31-7-1-4-25-10-13-28(37-34(25)31)22-40-16-18-41(23-29-14-11-26-5-2-8-32(44)35(26)38-29)20-21-42(19-17-40)24-30-15-12-27-6-3-9-33(45)36(27)39-30/h1-15,43-45H,16-24H2. The Hall–Kier alpha value is -4.83. The molecule has 3 aromatic heterocycles. The molecule has 9 heteroatoms. The highest BCUT2D eigenvalue weighted by Gasteiger charge is 2.19. The lowest BCUT2D eigenvalue weighted by Gasteiger charge is -2.25. The molecular formula is C36H36N6O3. The van der Waals surface area contributed by atoms with E-state index in [1.165, 1.54) is 0 Å². The van der Waals surface area contributed by atoms with Gasteiger partial charge in [-0.15, -0.1) is 0 Å². The molecule has 228 valence electrons. The molecule has 3 N–H and O–H groups in total. The SMILES string of the molecule is Oc1cccc2ccc(CN3CCN(Cc4ccc5cccc(O)c5n4)CCN(Cc4ccc5cccc(O)c5n4)CC3)nc12. The second-order valence-electron chi connectivity index (χ2n) is 11.8. The van der Waals surface area contributed by atoms with Gasteiger partial charge in [-0.2, -0.15) is 0 Å². The van der Waals surface area contributed by atoms with E-state index < -0.39 is 0 Å². The van der Waals surface area contributed by atoms with Crippen LogP contribution in [0.3, 0.4) is 0 Å². The van der Waals surface area contributed by atoms with E-state index in [1.807, 2.05) is 72.8 Å². The second-order valence-corrected chi connectivity index (χ2v) is 11.8. The van der Waals surface area contributed by atoms with Crippen molar-refractivity contribution in [2.24, 2.45) is 0 Å². The fourth-order valence-electron chi connectivity index (χ4n) is 6.13. The number of fused-ring (bicyclic) bond motifs is 3. The summed E-state index contributed by atoms with van der Waals surface area (Å²) < 4.78 is 0. The number of aromatic hydroxyl groups is 3. The average Bonchev–Trinajstić information content (AvgIpc) is 3.13. The lowest BCUT2D eigenvalue weighted by molar-refractivity contribution is 0.207. The van der Waals surface area contributed by atoms with E-state index in [-0.39, 0.29) is 17.2 Å². The molecule has 1 saturated heterocycles. The van der Waals surface area contributed by atoms with Crippen LogP contribution < -0.4 is 0 Å². The van der Waals surface area contributed by atoms with Crippen LogP contribution in [0.15, 0.2) is 91.0 Å². The zero-order valence-electron chi connectivity index (χ0n) is 25.0. The third-order valence-corrected chi connectivity index (χ3v) is 8.62. The normalized spacial score (nSPS) is 15.7. The highest BCUT2D eigenvalue weighted by molar-refractivity contribution is 5.85. The molecule has 0 amide bonds. The Kier molecular flexibility index (Phi) is 8.13. The minimum absolute atomic E-state index is 0.194. The lowest BCUT2D eigenvalue weighted by atomic mass is 10.2. The van der Waals surface area contributed by atoms with Gasteiger partial charge in [0.05, 0.1) is 17.1 Å². The molecule has 0 radical (unpaired) electrons. The summed E-state index contributed by atoms with van der Waals surface area (Å²) in [6.07, 6.45) is 0. The van der Waals surface area contributed by atoms with Crippen LogP contribution in [0.2, 0.25) is 0 Å². The van der Waals surface area contributed by atoms with Gasteiger partial charge in [0.15, 0.2) is 0 Å². The smallest absolute Gasteiger partial charge is 0.141 e. The maximum Gasteiger partial charge on any atom is 0.141 e. The van der Waals surface area contributed by atoms with E-state index >= 15 is 0 Å². The van der Waals surface area contributed by atoms with Gasteiger partial charge < -0.3 is 15.3 Å². The molecule has 1 aliphatic heterocycles. The fraction of sp³-hybridized carbons (Fsp3) is 0.250. The van der Waals surface area contributed by atoms with Crippen LogP contribution in [0.25, 0.3) is 32.7 Å². The molecule has 45 heavy (non-hydrogen) atoms. The van der Waals surface area contributed by atoms with E-state index in [4.69, 9.17) is 15.0 Å². The molecule has 1 fully saturated rings. The monoisotopic (exact) mass is 600 g/mol. The Balaban J connectivity index is 1.13. The Morgan fingerprint density at radius 1 is 0.400 bits per heavy atom. The van der Waals surface area contributed by atoms with Crippen LogP contribution in [-0.4, -0.2) is 84.2 Å². The van der Waals surface area contributed by atoms with Gasteiger partial charge in [0.2, 0.25) is 0 Å². The number of benzene rings is 3. The number of pyridine rings is 3. The summed E-state index contributed by atoms with van der Waals surface area (Å²) in [5.41, 5.74) is 4.62. The van der Waals surface area contributed by atoms with Gasteiger partial charge in [-0.1, -0.05) is 54.6 Å². The Bertz CT molecular complexity index is 1740. The largest absolute Gasteiger partial charge is 0.506 e. The van der Waals surface area contributed by atoms with Crippen LogP contribution in [0.4, 0.5) is 0 Å². The molecular weight excluding hydrogens is 564 g/mol. The van der Waals surface area contributed by atoms with Crippen LogP contribution in [0.1, 0.15) is 17.1 Å². The van der Waals surface area contributed by atoms with Crippen molar-refractivity contribution in [3.8, 4) is 17.2 Å². The lowest BCUT2D eigenvalue weighted by Crippen LogP contribution is -2.35. The number of nitrogens with zero attached hydrogens (tertiary/aromatic N) is 6. The first-order valence-corrected chi connectivity index (χ1v) is 15.4. The first kappa shape index (κ1) is 28.9. The number of hydrogen-bond donors (Lipinski definition) is 3. The summed E-state index contributed by atoms with van der Waals surface area (Å²) in [6, 6.07) is 28.6. The molecule has 3 aromatic carbocycles. The summed E-state index contributed by atoms with van der Waals surface area (Å²) in [7, 11) is 0. The molecule has 0 atom stereocenters. The minimum Gasteiger partial charge on any atom is -0.506 e. The van der Waals surface area contributed by atoms with Crippen molar-refractivity contribution in [3.63, 3.8) is 0 Å².